The number of hydrogen-bond donors (Lipinski definition) is 2. The maximum atomic E-state index is 5.53. The Balaban J connectivity index is 1.60. The summed E-state index contributed by atoms with van der Waals surface area (Å²) in [4.78, 5) is 11.2. The predicted molar refractivity (Wildman–Crippen MR) is 111 cm³/mol. The zero-order chi connectivity index (χ0) is 19.1. The molecule has 1 fully saturated rings. The van der Waals surface area contributed by atoms with Gasteiger partial charge in [-0.3, -0.25) is 9.98 Å². The summed E-state index contributed by atoms with van der Waals surface area (Å²) in [5.41, 5.74) is 3.37. The molecule has 0 aliphatic carbocycles. The van der Waals surface area contributed by atoms with Gasteiger partial charge in [-0.15, -0.1) is 0 Å². The van der Waals surface area contributed by atoms with Crippen LogP contribution in [0.25, 0.3) is 0 Å². The lowest BCUT2D eigenvalue weighted by atomic mass is 10.0. The molecule has 1 aliphatic rings. The van der Waals surface area contributed by atoms with Gasteiger partial charge < -0.3 is 20.3 Å². The number of anilines is 1. The molecular weight excluding hydrogens is 338 g/mol. The average Bonchev–Trinajstić information content (AvgIpc) is 2.72. The third-order valence-electron chi connectivity index (χ3n) is 4.95. The second-order valence-corrected chi connectivity index (χ2v) is 6.79. The first-order chi connectivity index (χ1) is 13.2. The number of benzene rings is 1. The monoisotopic (exact) mass is 367 g/mol. The molecule has 0 saturated carbocycles. The minimum absolute atomic E-state index is 0.333. The number of rotatable bonds is 5. The minimum Gasteiger partial charge on any atom is -0.495 e. The summed E-state index contributed by atoms with van der Waals surface area (Å²) in [6.45, 7) is 4.70. The van der Waals surface area contributed by atoms with Crippen molar-refractivity contribution in [3.63, 3.8) is 0 Å². The third kappa shape index (κ3) is 4.90. The number of aromatic nitrogens is 1. The molecule has 2 heterocycles. The van der Waals surface area contributed by atoms with Crippen molar-refractivity contribution in [2.45, 2.75) is 32.4 Å². The first kappa shape index (κ1) is 19.0. The van der Waals surface area contributed by atoms with E-state index in [2.05, 4.69) is 50.6 Å². The van der Waals surface area contributed by atoms with E-state index >= 15 is 0 Å². The molecule has 0 bridgehead atoms. The molecule has 0 spiro atoms. The van der Waals surface area contributed by atoms with Crippen molar-refractivity contribution in [3.05, 3.63) is 53.9 Å². The molecule has 1 unspecified atom stereocenters. The molecule has 1 aliphatic heterocycles. The Hall–Kier alpha value is -2.76. The number of para-hydroxylation sites is 2. The van der Waals surface area contributed by atoms with Crippen LogP contribution >= 0.6 is 0 Å². The molecular formula is C21H29N5O. The topological polar surface area (TPSA) is 61.8 Å². The number of aliphatic imine (C=N–C) groups is 1. The van der Waals surface area contributed by atoms with E-state index in [0.29, 0.717) is 12.6 Å². The highest BCUT2D eigenvalue weighted by atomic mass is 16.5. The fraction of sp³-hybridized carbons (Fsp3) is 0.429. The zero-order valence-corrected chi connectivity index (χ0v) is 16.4. The van der Waals surface area contributed by atoms with Crippen LogP contribution in [0, 0.1) is 6.92 Å². The summed E-state index contributed by atoms with van der Waals surface area (Å²) >= 11 is 0. The van der Waals surface area contributed by atoms with Gasteiger partial charge in [-0.05, 0) is 43.5 Å². The Bertz CT molecular complexity index is 777. The second kappa shape index (κ2) is 9.26. The van der Waals surface area contributed by atoms with Gasteiger partial charge >= 0.3 is 0 Å². The van der Waals surface area contributed by atoms with Gasteiger partial charge in [-0.2, -0.15) is 0 Å². The first-order valence-electron chi connectivity index (χ1n) is 9.47. The van der Waals surface area contributed by atoms with Crippen molar-refractivity contribution in [2.75, 3.05) is 32.1 Å². The Morgan fingerprint density at radius 2 is 2.15 bits per heavy atom. The number of nitrogens with zero attached hydrogens (tertiary/aromatic N) is 3. The number of hydrogen-bond acceptors (Lipinski definition) is 4. The lowest BCUT2D eigenvalue weighted by molar-refractivity contribution is 0.408. The van der Waals surface area contributed by atoms with E-state index in [1.54, 1.807) is 14.2 Å². The highest BCUT2D eigenvalue weighted by Gasteiger charge is 2.22. The predicted octanol–water partition coefficient (Wildman–Crippen LogP) is 2.73. The molecule has 6 heteroatoms. The largest absolute Gasteiger partial charge is 0.495 e. The van der Waals surface area contributed by atoms with Gasteiger partial charge in [0.1, 0.15) is 5.75 Å². The lowest BCUT2D eigenvalue weighted by Crippen LogP contribution is -2.51. The molecule has 2 aromatic rings. The van der Waals surface area contributed by atoms with Crippen molar-refractivity contribution in [2.24, 2.45) is 4.99 Å². The van der Waals surface area contributed by atoms with Crippen LogP contribution in [0.2, 0.25) is 0 Å². The number of ether oxygens (including phenoxy) is 1. The third-order valence-corrected chi connectivity index (χ3v) is 4.95. The number of guanidine groups is 1. The summed E-state index contributed by atoms with van der Waals surface area (Å²) in [7, 11) is 3.53. The van der Waals surface area contributed by atoms with Crippen molar-refractivity contribution >= 4 is 11.6 Å². The SMILES string of the molecule is CN=C(NCc1ncccc1C)NC1CCCN(c2ccccc2OC)C1. The van der Waals surface area contributed by atoms with Crippen LogP contribution in [-0.4, -0.2) is 44.2 Å². The van der Waals surface area contributed by atoms with Crippen LogP contribution < -0.4 is 20.3 Å². The maximum Gasteiger partial charge on any atom is 0.191 e. The van der Waals surface area contributed by atoms with Crippen molar-refractivity contribution in [1.29, 1.82) is 0 Å². The fourth-order valence-electron chi connectivity index (χ4n) is 3.46. The molecule has 1 saturated heterocycles. The van der Waals surface area contributed by atoms with E-state index in [1.807, 2.05) is 24.4 Å². The highest BCUT2D eigenvalue weighted by molar-refractivity contribution is 5.80. The standard InChI is InChI=1S/C21H29N5O/c1-16-8-6-12-23-18(16)14-24-21(22-2)25-17-9-7-13-26(15-17)19-10-4-5-11-20(19)27-3/h4-6,8,10-12,17H,7,9,13-15H2,1-3H3,(H2,22,24,25). The normalized spacial score (nSPS) is 17.5. The first-order valence-corrected chi connectivity index (χ1v) is 9.47. The Morgan fingerprint density at radius 1 is 1.30 bits per heavy atom. The summed E-state index contributed by atoms with van der Waals surface area (Å²) in [5, 5.41) is 6.95. The van der Waals surface area contributed by atoms with E-state index < -0.39 is 0 Å². The van der Waals surface area contributed by atoms with Crippen LogP contribution in [0.3, 0.4) is 0 Å². The van der Waals surface area contributed by atoms with E-state index in [0.717, 1.165) is 49.0 Å². The number of nitrogens with one attached hydrogen (secondary N) is 2. The van der Waals surface area contributed by atoms with Crippen LogP contribution in [0.15, 0.2) is 47.6 Å². The quantitative estimate of drug-likeness (QED) is 0.629. The van der Waals surface area contributed by atoms with Gasteiger partial charge in [0, 0.05) is 32.4 Å². The second-order valence-electron chi connectivity index (χ2n) is 6.79. The van der Waals surface area contributed by atoms with Crippen LogP contribution in [0.1, 0.15) is 24.1 Å². The summed E-state index contributed by atoms with van der Waals surface area (Å²) < 4.78 is 5.53. The van der Waals surface area contributed by atoms with Crippen LogP contribution in [0.5, 0.6) is 5.75 Å². The van der Waals surface area contributed by atoms with Gasteiger partial charge in [0.15, 0.2) is 5.96 Å². The van der Waals surface area contributed by atoms with Crippen LogP contribution in [0.4, 0.5) is 5.69 Å². The number of aryl methyl sites for hydroxylation is 1. The number of methoxy groups -OCH3 is 1. The molecule has 3 rings (SSSR count). The number of pyridine rings is 1. The van der Waals surface area contributed by atoms with Crippen molar-refractivity contribution < 1.29 is 4.74 Å². The highest BCUT2D eigenvalue weighted by Crippen LogP contribution is 2.29. The van der Waals surface area contributed by atoms with Crippen molar-refractivity contribution in [3.8, 4) is 5.75 Å². The van der Waals surface area contributed by atoms with E-state index in [1.165, 1.54) is 5.56 Å². The molecule has 0 amide bonds. The molecule has 144 valence electrons. The van der Waals surface area contributed by atoms with E-state index in [4.69, 9.17) is 4.74 Å². The maximum absolute atomic E-state index is 5.53. The molecule has 27 heavy (non-hydrogen) atoms. The van der Waals surface area contributed by atoms with Gasteiger partial charge in [0.2, 0.25) is 0 Å². The average molecular weight is 367 g/mol. The zero-order valence-electron chi connectivity index (χ0n) is 16.4. The molecule has 1 aromatic carbocycles. The Morgan fingerprint density at radius 3 is 2.93 bits per heavy atom. The van der Waals surface area contributed by atoms with E-state index in [-0.39, 0.29) is 0 Å². The molecule has 6 nitrogen and oxygen atoms in total. The summed E-state index contributed by atoms with van der Waals surface area (Å²) in [5.74, 6) is 1.73. The van der Waals surface area contributed by atoms with Gasteiger partial charge in [0.05, 0.1) is 25.0 Å². The smallest absolute Gasteiger partial charge is 0.191 e. The molecule has 0 radical (unpaired) electrons. The molecule has 2 N–H and O–H groups in total. The Labute approximate surface area is 161 Å². The summed E-state index contributed by atoms with van der Waals surface area (Å²) in [6, 6.07) is 12.6. The minimum atomic E-state index is 0.333. The Kier molecular flexibility index (Phi) is 6.52. The summed E-state index contributed by atoms with van der Waals surface area (Å²) in [6.07, 6.45) is 4.08. The molecule has 1 aromatic heterocycles. The van der Waals surface area contributed by atoms with Gasteiger partial charge in [-0.1, -0.05) is 18.2 Å². The molecule has 1 atom stereocenters. The lowest BCUT2D eigenvalue weighted by Gasteiger charge is -2.36. The fourth-order valence-corrected chi connectivity index (χ4v) is 3.46. The van der Waals surface area contributed by atoms with Crippen LogP contribution in [-0.2, 0) is 6.54 Å². The number of piperidine rings is 1. The van der Waals surface area contributed by atoms with Crippen molar-refractivity contribution in [1.82, 2.24) is 15.6 Å². The van der Waals surface area contributed by atoms with Gasteiger partial charge in [-0.25, -0.2) is 0 Å². The van der Waals surface area contributed by atoms with Gasteiger partial charge in [0.25, 0.3) is 0 Å². The van der Waals surface area contributed by atoms with E-state index in [9.17, 15) is 0 Å².